The molecule has 0 radical (unpaired) electrons. The van der Waals surface area contributed by atoms with E-state index in [1.165, 1.54) is 0 Å². The molecule has 2 aromatic carbocycles. The van der Waals surface area contributed by atoms with E-state index < -0.39 is 0 Å². The quantitative estimate of drug-likeness (QED) is 0.432. The van der Waals surface area contributed by atoms with Crippen molar-refractivity contribution >= 4 is 0 Å². The largest absolute Gasteiger partial charge is 0.493 e. The molecule has 1 atom stereocenters. The molecule has 0 amide bonds. The molecule has 1 saturated heterocycles. The SMILES string of the molecule is COc1ccc(CCn2nnnc2[C@H](c2cccc(OC)c2OC)N2CCN(C)CC2)cc1OC. The van der Waals surface area contributed by atoms with E-state index in [2.05, 4.69) is 38.4 Å². The van der Waals surface area contributed by atoms with Crippen LogP contribution in [0.4, 0.5) is 0 Å². The fourth-order valence-electron chi connectivity index (χ4n) is 4.54. The Morgan fingerprint density at radius 2 is 1.60 bits per heavy atom. The van der Waals surface area contributed by atoms with Gasteiger partial charge >= 0.3 is 0 Å². The second-order valence-electron chi connectivity index (χ2n) is 8.52. The predicted octanol–water partition coefficient (Wildman–Crippen LogP) is 2.29. The first kappa shape index (κ1) is 24.7. The smallest absolute Gasteiger partial charge is 0.173 e. The highest BCUT2D eigenvalue weighted by Gasteiger charge is 2.33. The molecule has 0 saturated carbocycles. The van der Waals surface area contributed by atoms with Crippen LogP contribution >= 0.6 is 0 Å². The van der Waals surface area contributed by atoms with E-state index in [1.54, 1.807) is 28.4 Å². The van der Waals surface area contributed by atoms with Crippen molar-refractivity contribution in [1.29, 1.82) is 0 Å². The summed E-state index contributed by atoms with van der Waals surface area (Å²) in [7, 11) is 8.74. The number of piperazine rings is 1. The van der Waals surface area contributed by atoms with Crippen LogP contribution in [-0.4, -0.2) is 91.7 Å². The van der Waals surface area contributed by atoms with E-state index in [4.69, 9.17) is 18.9 Å². The number of methoxy groups -OCH3 is 4. The molecule has 0 aliphatic carbocycles. The average Bonchev–Trinajstić information content (AvgIpc) is 3.36. The van der Waals surface area contributed by atoms with Crippen LogP contribution < -0.4 is 18.9 Å². The Hall–Kier alpha value is -3.37. The minimum atomic E-state index is -0.172. The normalized spacial score (nSPS) is 15.6. The summed E-state index contributed by atoms with van der Waals surface area (Å²) < 4.78 is 24.1. The van der Waals surface area contributed by atoms with Crippen LogP contribution in [0.5, 0.6) is 23.0 Å². The van der Waals surface area contributed by atoms with E-state index in [-0.39, 0.29) is 6.04 Å². The molecule has 1 aliphatic rings. The van der Waals surface area contributed by atoms with Crippen LogP contribution in [-0.2, 0) is 13.0 Å². The molecule has 0 unspecified atom stereocenters. The van der Waals surface area contributed by atoms with Crippen molar-refractivity contribution in [2.45, 2.75) is 19.0 Å². The maximum absolute atomic E-state index is 5.81. The van der Waals surface area contributed by atoms with Gasteiger partial charge in [-0.25, -0.2) is 4.68 Å². The summed E-state index contributed by atoms with van der Waals surface area (Å²) in [6, 6.07) is 11.7. The minimum absolute atomic E-state index is 0.172. The van der Waals surface area contributed by atoms with Crippen LogP contribution in [0, 0.1) is 0 Å². The number of hydrogen-bond acceptors (Lipinski definition) is 9. The molecule has 0 N–H and O–H groups in total. The first-order chi connectivity index (χ1) is 17.1. The standard InChI is InChI=1S/C25H34N6O4/c1-29-13-15-30(16-14-29)23(19-7-6-8-21(33-3)24(19)35-5)25-26-27-28-31(25)12-11-18-9-10-20(32-2)22(17-18)34-4/h6-10,17,23H,11-16H2,1-5H3/t23-/m0/s1. The summed E-state index contributed by atoms with van der Waals surface area (Å²) in [5.41, 5.74) is 2.10. The molecule has 10 nitrogen and oxygen atoms in total. The highest BCUT2D eigenvalue weighted by atomic mass is 16.5. The highest BCUT2D eigenvalue weighted by Crippen LogP contribution is 2.39. The number of ether oxygens (including phenoxy) is 4. The lowest BCUT2D eigenvalue weighted by molar-refractivity contribution is 0.120. The van der Waals surface area contributed by atoms with Gasteiger partial charge in [-0.3, -0.25) is 4.90 Å². The molecule has 188 valence electrons. The summed E-state index contributed by atoms with van der Waals surface area (Å²) >= 11 is 0. The van der Waals surface area contributed by atoms with Gasteiger partial charge in [0, 0.05) is 38.3 Å². The fourth-order valence-corrected chi connectivity index (χ4v) is 4.54. The Labute approximate surface area is 206 Å². The van der Waals surface area contributed by atoms with Gasteiger partial charge in [0.05, 0.1) is 28.4 Å². The number of likely N-dealkylation sites (N-methyl/N-ethyl adjacent to an activating group) is 1. The first-order valence-corrected chi connectivity index (χ1v) is 11.7. The maximum Gasteiger partial charge on any atom is 0.173 e. The third-order valence-corrected chi connectivity index (χ3v) is 6.50. The summed E-state index contributed by atoms with van der Waals surface area (Å²) in [5.74, 6) is 3.58. The third-order valence-electron chi connectivity index (χ3n) is 6.50. The zero-order valence-corrected chi connectivity index (χ0v) is 21.1. The number of nitrogens with zero attached hydrogens (tertiary/aromatic N) is 6. The molecule has 0 bridgehead atoms. The number of para-hydroxylation sites is 1. The predicted molar refractivity (Wildman–Crippen MR) is 132 cm³/mol. The molecule has 4 rings (SSSR count). The average molecular weight is 483 g/mol. The van der Waals surface area contributed by atoms with Crippen LogP contribution in [0.25, 0.3) is 0 Å². The maximum atomic E-state index is 5.81. The minimum Gasteiger partial charge on any atom is -0.493 e. The van der Waals surface area contributed by atoms with E-state index in [9.17, 15) is 0 Å². The molecule has 3 aromatic rings. The van der Waals surface area contributed by atoms with Gasteiger partial charge in [-0.2, -0.15) is 0 Å². The number of aryl methyl sites for hydroxylation is 2. The summed E-state index contributed by atoms with van der Waals surface area (Å²) in [6.45, 7) is 4.34. The van der Waals surface area contributed by atoms with Gasteiger partial charge in [-0.15, -0.1) is 5.10 Å². The van der Waals surface area contributed by atoms with Gasteiger partial charge < -0.3 is 23.8 Å². The molecule has 2 heterocycles. The second-order valence-corrected chi connectivity index (χ2v) is 8.52. The highest BCUT2D eigenvalue weighted by molar-refractivity contribution is 5.49. The lowest BCUT2D eigenvalue weighted by atomic mass is 10.0. The van der Waals surface area contributed by atoms with Crippen molar-refractivity contribution in [3.63, 3.8) is 0 Å². The number of rotatable bonds is 10. The van der Waals surface area contributed by atoms with Crippen molar-refractivity contribution in [2.75, 3.05) is 61.7 Å². The van der Waals surface area contributed by atoms with Crippen LogP contribution in [0.1, 0.15) is 23.0 Å². The van der Waals surface area contributed by atoms with E-state index in [1.807, 2.05) is 35.0 Å². The molecule has 1 aromatic heterocycles. The number of benzene rings is 2. The van der Waals surface area contributed by atoms with Crippen LogP contribution in [0.15, 0.2) is 36.4 Å². The zero-order chi connectivity index (χ0) is 24.8. The molecular weight excluding hydrogens is 448 g/mol. The van der Waals surface area contributed by atoms with E-state index >= 15 is 0 Å². The van der Waals surface area contributed by atoms with Crippen molar-refractivity contribution in [3.05, 3.63) is 53.3 Å². The molecule has 35 heavy (non-hydrogen) atoms. The Morgan fingerprint density at radius 1 is 0.857 bits per heavy atom. The van der Waals surface area contributed by atoms with Crippen LogP contribution in [0.2, 0.25) is 0 Å². The van der Waals surface area contributed by atoms with E-state index in [0.717, 1.165) is 49.6 Å². The summed E-state index contributed by atoms with van der Waals surface area (Å²) in [4.78, 5) is 4.74. The van der Waals surface area contributed by atoms with Gasteiger partial charge in [-0.1, -0.05) is 18.2 Å². The molecule has 1 fully saturated rings. The Bertz CT molecular complexity index is 1110. The summed E-state index contributed by atoms with van der Waals surface area (Å²) in [5, 5.41) is 12.9. The number of aromatic nitrogens is 4. The Morgan fingerprint density at radius 3 is 2.29 bits per heavy atom. The van der Waals surface area contributed by atoms with Gasteiger partial charge in [0.1, 0.15) is 6.04 Å². The molecule has 0 spiro atoms. The van der Waals surface area contributed by atoms with Crippen molar-refractivity contribution < 1.29 is 18.9 Å². The van der Waals surface area contributed by atoms with Crippen LogP contribution in [0.3, 0.4) is 0 Å². The van der Waals surface area contributed by atoms with Crippen molar-refractivity contribution in [1.82, 2.24) is 30.0 Å². The molecule has 10 heteroatoms. The lowest BCUT2D eigenvalue weighted by Crippen LogP contribution is -2.46. The van der Waals surface area contributed by atoms with Gasteiger partial charge in [-0.05, 0) is 47.7 Å². The fraction of sp³-hybridized carbons (Fsp3) is 0.480. The molecular formula is C25H34N6O4. The zero-order valence-electron chi connectivity index (χ0n) is 21.1. The second kappa shape index (κ2) is 11.4. The van der Waals surface area contributed by atoms with Crippen molar-refractivity contribution in [2.24, 2.45) is 0 Å². The topological polar surface area (TPSA) is 87.0 Å². The van der Waals surface area contributed by atoms with Crippen molar-refractivity contribution in [3.8, 4) is 23.0 Å². The number of hydrogen-bond donors (Lipinski definition) is 0. The Kier molecular flexibility index (Phi) is 8.04. The monoisotopic (exact) mass is 482 g/mol. The lowest BCUT2D eigenvalue weighted by Gasteiger charge is -2.38. The van der Waals surface area contributed by atoms with E-state index in [0.29, 0.717) is 29.5 Å². The summed E-state index contributed by atoms with van der Waals surface area (Å²) in [6.07, 6.45) is 0.739. The number of tetrazole rings is 1. The first-order valence-electron chi connectivity index (χ1n) is 11.7. The van der Waals surface area contributed by atoms with Gasteiger partial charge in [0.25, 0.3) is 0 Å². The molecule has 1 aliphatic heterocycles. The van der Waals surface area contributed by atoms with Gasteiger partial charge in [0.2, 0.25) is 0 Å². The van der Waals surface area contributed by atoms with Gasteiger partial charge in [0.15, 0.2) is 28.8 Å². The Balaban J connectivity index is 1.67. The third kappa shape index (κ3) is 5.33.